The molecular formula is C26H32N2O5. The van der Waals surface area contributed by atoms with Gasteiger partial charge in [0.05, 0.1) is 31.8 Å². The summed E-state index contributed by atoms with van der Waals surface area (Å²) in [4.78, 5) is 12.4. The van der Waals surface area contributed by atoms with E-state index >= 15 is 0 Å². The normalized spacial score (nSPS) is 28.5. The Kier molecular flexibility index (Phi) is 6.64. The van der Waals surface area contributed by atoms with E-state index < -0.39 is 6.10 Å². The lowest BCUT2D eigenvalue weighted by atomic mass is 10.1. The molecule has 3 aliphatic rings. The standard InChI is InChI=1S/C26H32N2O5/c1-31-20-8-6-16(7-9-20)14-28-24(29)13-21-12-22-26(32-21)25(30)23(33-22)15-27-19-10-17-4-2-3-5-18(17)11-19/h2-9,19,21-23,25-27,30H,10-15H2,1H3,(H,28,29). The summed E-state index contributed by atoms with van der Waals surface area (Å²) in [6.07, 6.45) is 1.19. The van der Waals surface area contributed by atoms with E-state index in [1.807, 2.05) is 24.3 Å². The van der Waals surface area contributed by atoms with Crippen molar-refractivity contribution in [1.29, 1.82) is 0 Å². The zero-order chi connectivity index (χ0) is 22.8. The average Bonchev–Trinajstić information content (AvgIpc) is 3.50. The number of benzene rings is 2. The lowest BCUT2D eigenvalue weighted by molar-refractivity contribution is -0.124. The van der Waals surface area contributed by atoms with Crippen LogP contribution in [0.15, 0.2) is 48.5 Å². The number of ether oxygens (including phenoxy) is 3. The maximum Gasteiger partial charge on any atom is 0.222 e. The number of aliphatic hydroxyl groups excluding tert-OH is 1. The maximum atomic E-state index is 12.4. The van der Waals surface area contributed by atoms with Crippen molar-refractivity contribution in [3.8, 4) is 5.75 Å². The molecule has 0 spiro atoms. The molecule has 2 aromatic rings. The number of methoxy groups -OCH3 is 1. The van der Waals surface area contributed by atoms with E-state index in [4.69, 9.17) is 14.2 Å². The zero-order valence-electron chi connectivity index (χ0n) is 18.9. The summed E-state index contributed by atoms with van der Waals surface area (Å²) in [7, 11) is 1.63. The third-order valence-corrected chi connectivity index (χ3v) is 7.00. The van der Waals surface area contributed by atoms with Gasteiger partial charge in [0, 0.05) is 25.6 Å². The molecule has 2 aromatic carbocycles. The van der Waals surface area contributed by atoms with Crippen LogP contribution in [-0.2, 0) is 33.7 Å². The molecule has 1 aliphatic carbocycles. The van der Waals surface area contributed by atoms with Gasteiger partial charge in [-0.3, -0.25) is 4.79 Å². The number of fused-ring (bicyclic) bond motifs is 2. The molecule has 7 nitrogen and oxygen atoms in total. The first kappa shape index (κ1) is 22.3. The fourth-order valence-electron chi connectivity index (χ4n) is 5.22. The van der Waals surface area contributed by atoms with Crippen molar-refractivity contribution in [2.45, 2.75) is 68.8 Å². The largest absolute Gasteiger partial charge is 0.497 e. The summed E-state index contributed by atoms with van der Waals surface area (Å²) in [5.41, 5.74) is 3.81. The zero-order valence-corrected chi connectivity index (χ0v) is 18.9. The average molecular weight is 453 g/mol. The van der Waals surface area contributed by atoms with Crippen molar-refractivity contribution in [3.05, 3.63) is 65.2 Å². The first-order valence-corrected chi connectivity index (χ1v) is 11.8. The van der Waals surface area contributed by atoms with E-state index in [2.05, 4.69) is 34.9 Å². The molecular weight excluding hydrogens is 420 g/mol. The Hall–Kier alpha value is -2.45. The minimum atomic E-state index is -0.682. The summed E-state index contributed by atoms with van der Waals surface area (Å²) in [5.74, 6) is 0.723. The first-order valence-electron chi connectivity index (χ1n) is 11.8. The van der Waals surface area contributed by atoms with Crippen molar-refractivity contribution in [3.63, 3.8) is 0 Å². The van der Waals surface area contributed by atoms with Gasteiger partial charge in [-0.25, -0.2) is 0 Å². The van der Waals surface area contributed by atoms with Crippen LogP contribution in [0.2, 0.25) is 0 Å². The highest BCUT2D eigenvalue weighted by Crippen LogP contribution is 2.35. The monoisotopic (exact) mass is 452 g/mol. The molecule has 7 heteroatoms. The van der Waals surface area contributed by atoms with Crippen LogP contribution in [0.1, 0.15) is 29.5 Å². The van der Waals surface area contributed by atoms with Gasteiger partial charge in [0.15, 0.2) is 0 Å². The molecule has 5 rings (SSSR count). The van der Waals surface area contributed by atoms with Crippen molar-refractivity contribution in [1.82, 2.24) is 10.6 Å². The predicted molar refractivity (Wildman–Crippen MR) is 123 cm³/mol. The van der Waals surface area contributed by atoms with Crippen molar-refractivity contribution >= 4 is 5.91 Å². The molecule has 0 aromatic heterocycles. The molecule has 5 atom stereocenters. The number of nitrogens with one attached hydrogen (secondary N) is 2. The Labute approximate surface area is 194 Å². The Bertz CT molecular complexity index is 940. The Morgan fingerprint density at radius 3 is 2.48 bits per heavy atom. The fourth-order valence-corrected chi connectivity index (χ4v) is 5.22. The van der Waals surface area contributed by atoms with Gasteiger partial charge in [-0.1, -0.05) is 36.4 Å². The van der Waals surface area contributed by atoms with E-state index in [0.717, 1.165) is 24.2 Å². The Morgan fingerprint density at radius 1 is 1.09 bits per heavy atom. The van der Waals surface area contributed by atoms with Crippen LogP contribution in [0.25, 0.3) is 0 Å². The number of amides is 1. The van der Waals surface area contributed by atoms with Crippen LogP contribution in [-0.4, -0.2) is 61.2 Å². The van der Waals surface area contributed by atoms with Gasteiger partial charge in [0.1, 0.15) is 18.0 Å². The van der Waals surface area contributed by atoms with E-state index in [1.165, 1.54) is 11.1 Å². The number of carbonyl (C=O) groups is 1. The van der Waals surface area contributed by atoms with Crippen LogP contribution in [0, 0.1) is 0 Å². The number of aliphatic hydroxyl groups is 1. The topological polar surface area (TPSA) is 89.1 Å². The second-order valence-electron chi connectivity index (χ2n) is 9.27. The van der Waals surface area contributed by atoms with Crippen LogP contribution in [0.3, 0.4) is 0 Å². The van der Waals surface area contributed by atoms with Crippen LogP contribution in [0.4, 0.5) is 0 Å². The molecule has 0 bridgehead atoms. The summed E-state index contributed by atoms with van der Waals surface area (Å²) >= 11 is 0. The molecule has 2 heterocycles. The van der Waals surface area contributed by atoms with Crippen molar-refractivity contribution in [2.75, 3.05) is 13.7 Å². The highest BCUT2D eigenvalue weighted by atomic mass is 16.6. The third kappa shape index (κ3) is 5.06. The summed E-state index contributed by atoms with van der Waals surface area (Å²) in [6, 6.07) is 16.5. The first-order chi connectivity index (χ1) is 16.1. The molecule has 2 saturated heterocycles. The second kappa shape index (κ2) is 9.81. The van der Waals surface area contributed by atoms with E-state index in [9.17, 15) is 9.90 Å². The van der Waals surface area contributed by atoms with Crippen molar-refractivity contribution in [2.24, 2.45) is 0 Å². The predicted octanol–water partition coefficient (Wildman–Crippen LogP) is 1.74. The minimum absolute atomic E-state index is 0.0655. The third-order valence-electron chi connectivity index (χ3n) is 7.00. The van der Waals surface area contributed by atoms with E-state index in [-0.39, 0.29) is 36.7 Å². The molecule has 3 N–H and O–H groups in total. The van der Waals surface area contributed by atoms with E-state index in [1.54, 1.807) is 7.11 Å². The smallest absolute Gasteiger partial charge is 0.222 e. The molecule has 176 valence electrons. The SMILES string of the molecule is COc1ccc(CNC(=O)CC2CC3OC(CNC4Cc5ccccc5C4)C(O)C3O2)cc1. The molecule has 5 unspecified atom stereocenters. The summed E-state index contributed by atoms with van der Waals surface area (Å²) < 4.78 is 17.3. The van der Waals surface area contributed by atoms with Crippen LogP contribution in [0.5, 0.6) is 5.75 Å². The number of hydrogen-bond donors (Lipinski definition) is 3. The van der Waals surface area contributed by atoms with Gasteiger partial charge in [-0.05, 0) is 41.7 Å². The van der Waals surface area contributed by atoms with Gasteiger partial charge in [-0.15, -0.1) is 0 Å². The quantitative estimate of drug-likeness (QED) is 0.566. The molecule has 0 radical (unpaired) electrons. The van der Waals surface area contributed by atoms with Crippen molar-refractivity contribution < 1.29 is 24.1 Å². The molecule has 1 amide bonds. The molecule has 2 fully saturated rings. The van der Waals surface area contributed by atoms with Gasteiger partial charge >= 0.3 is 0 Å². The highest BCUT2D eigenvalue weighted by molar-refractivity contribution is 5.76. The van der Waals surface area contributed by atoms with Gasteiger partial charge in [0.2, 0.25) is 5.91 Å². The Balaban J connectivity index is 1.04. The maximum absolute atomic E-state index is 12.4. The highest BCUT2D eigenvalue weighted by Gasteiger charge is 2.50. The van der Waals surface area contributed by atoms with Gasteiger partial charge < -0.3 is 30.0 Å². The summed E-state index contributed by atoms with van der Waals surface area (Å²) in [5, 5.41) is 17.2. The number of carbonyl (C=O) groups excluding carboxylic acids is 1. The lowest BCUT2D eigenvalue weighted by Crippen LogP contribution is -2.42. The lowest BCUT2D eigenvalue weighted by Gasteiger charge is -2.22. The number of rotatable bonds is 8. The van der Waals surface area contributed by atoms with Crippen LogP contribution >= 0.6 is 0 Å². The molecule has 0 saturated carbocycles. The fraction of sp³-hybridized carbons (Fsp3) is 0.500. The Morgan fingerprint density at radius 2 is 1.82 bits per heavy atom. The number of hydrogen-bond acceptors (Lipinski definition) is 6. The molecule has 33 heavy (non-hydrogen) atoms. The second-order valence-corrected chi connectivity index (χ2v) is 9.27. The minimum Gasteiger partial charge on any atom is -0.497 e. The van der Waals surface area contributed by atoms with E-state index in [0.29, 0.717) is 25.6 Å². The van der Waals surface area contributed by atoms with Crippen LogP contribution < -0.4 is 15.4 Å². The van der Waals surface area contributed by atoms with Gasteiger partial charge in [-0.2, -0.15) is 0 Å². The van der Waals surface area contributed by atoms with Gasteiger partial charge in [0.25, 0.3) is 0 Å². The summed E-state index contributed by atoms with van der Waals surface area (Å²) in [6.45, 7) is 1.06. The molecule has 2 aliphatic heterocycles.